The molecular formula is C24H32IN7O3. The molecule has 0 bridgehead atoms. The fraction of sp³-hybridized carbons (Fsp3) is 0.500. The second-order valence-electron chi connectivity index (χ2n) is 9.98. The van der Waals surface area contributed by atoms with Crippen LogP contribution in [0.3, 0.4) is 0 Å². The number of urea groups is 1. The minimum atomic E-state index is -0.689. The number of nitrogens with zero attached hydrogens (tertiary/aromatic N) is 5. The molecular weight excluding hydrogens is 561 g/mol. The minimum Gasteiger partial charge on any atom is -0.338 e. The van der Waals surface area contributed by atoms with E-state index in [4.69, 9.17) is 0 Å². The summed E-state index contributed by atoms with van der Waals surface area (Å²) in [5.74, 6) is 0.561. The predicted molar refractivity (Wildman–Crippen MR) is 141 cm³/mol. The van der Waals surface area contributed by atoms with Gasteiger partial charge in [-0.05, 0) is 30.0 Å². The first-order valence-electron chi connectivity index (χ1n) is 11.7. The first-order chi connectivity index (χ1) is 16.6. The van der Waals surface area contributed by atoms with Crippen molar-refractivity contribution in [2.45, 2.75) is 44.7 Å². The zero-order chi connectivity index (χ0) is 25.3. The SMILES string of the molecule is Cc1ncc2n1C(=O)N(N1CCN(C(=O)C(NC(=O)Nc3ccc(CI)cc3)C(C)(C)C)CC1)C2. The molecule has 2 aliphatic rings. The van der Waals surface area contributed by atoms with Crippen molar-refractivity contribution in [3.63, 3.8) is 0 Å². The number of alkyl halides is 1. The monoisotopic (exact) mass is 593 g/mol. The van der Waals surface area contributed by atoms with Crippen LogP contribution in [0.1, 0.15) is 37.9 Å². The van der Waals surface area contributed by atoms with Gasteiger partial charge in [0.1, 0.15) is 11.9 Å². The number of benzene rings is 1. The van der Waals surface area contributed by atoms with Gasteiger partial charge in [0.25, 0.3) is 0 Å². The Morgan fingerprint density at radius 1 is 1.11 bits per heavy atom. The van der Waals surface area contributed by atoms with E-state index in [1.54, 1.807) is 20.7 Å². The highest BCUT2D eigenvalue weighted by Gasteiger charge is 2.39. The summed E-state index contributed by atoms with van der Waals surface area (Å²) < 4.78 is 2.53. The number of hydrogen-bond donors (Lipinski definition) is 2. The van der Waals surface area contributed by atoms with Gasteiger partial charge in [-0.25, -0.2) is 24.1 Å². The summed E-state index contributed by atoms with van der Waals surface area (Å²) in [5.41, 5.74) is 2.25. The average Bonchev–Trinajstić information content (AvgIpc) is 3.36. The first-order valence-corrected chi connectivity index (χ1v) is 13.2. The molecule has 1 atom stereocenters. The van der Waals surface area contributed by atoms with Crippen molar-refractivity contribution in [2.75, 3.05) is 31.5 Å². The molecule has 2 aliphatic heterocycles. The van der Waals surface area contributed by atoms with Crippen LogP contribution in [-0.4, -0.2) is 74.7 Å². The smallest absolute Gasteiger partial charge is 0.338 e. The third-order valence-corrected chi connectivity index (χ3v) is 7.28. The molecule has 0 radical (unpaired) electrons. The highest BCUT2D eigenvalue weighted by Crippen LogP contribution is 2.24. The Morgan fingerprint density at radius 3 is 2.34 bits per heavy atom. The van der Waals surface area contributed by atoms with E-state index in [0.717, 1.165) is 10.1 Å². The topological polar surface area (TPSA) is 103 Å². The number of carbonyl (C=O) groups is 3. The molecule has 3 heterocycles. The number of carbonyl (C=O) groups excluding carboxylic acids is 3. The van der Waals surface area contributed by atoms with Gasteiger partial charge < -0.3 is 15.5 Å². The summed E-state index contributed by atoms with van der Waals surface area (Å²) in [6, 6.07) is 6.44. The van der Waals surface area contributed by atoms with Gasteiger partial charge in [-0.3, -0.25) is 9.80 Å². The maximum absolute atomic E-state index is 13.5. The molecule has 4 rings (SSSR count). The normalized spacial score (nSPS) is 17.3. The van der Waals surface area contributed by atoms with Crippen molar-refractivity contribution < 1.29 is 14.4 Å². The second-order valence-corrected chi connectivity index (χ2v) is 10.7. The summed E-state index contributed by atoms with van der Waals surface area (Å²) in [6.07, 6.45) is 1.73. The zero-order valence-corrected chi connectivity index (χ0v) is 22.7. The van der Waals surface area contributed by atoms with E-state index in [2.05, 4.69) is 38.2 Å². The zero-order valence-electron chi connectivity index (χ0n) is 20.5. The molecule has 1 fully saturated rings. The number of halogens is 1. The van der Waals surface area contributed by atoms with Gasteiger partial charge in [0.15, 0.2) is 0 Å². The fourth-order valence-electron chi connectivity index (χ4n) is 4.39. The fourth-order valence-corrected chi connectivity index (χ4v) is 4.89. The Labute approximate surface area is 219 Å². The number of amides is 4. The quantitative estimate of drug-likeness (QED) is 0.410. The number of nitrogens with one attached hydrogen (secondary N) is 2. The van der Waals surface area contributed by atoms with Crippen molar-refractivity contribution >= 4 is 46.2 Å². The number of aromatic nitrogens is 2. The summed E-state index contributed by atoms with van der Waals surface area (Å²) in [6.45, 7) is 10.2. The summed E-state index contributed by atoms with van der Waals surface area (Å²) in [7, 11) is 0. The minimum absolute atomic E-state index is 0.104. The van der Waals surface area contributed by atoms with E-state index >= 15 is 0 Å². The summed E-state index contributed by atoms with van der Waals surface area (Å²) >= 11 is 2.29. The van der Waals surface area contributed by atoms with Gasteiger partial charge in [-0.15, -0.1) is 0 Å². The lowest BCUT2D eigenvalue weighted by molar-refractivity contribution is -0.139. The van der Waals surface area contributed by atoms with Crippen LogP contribution in [0.5, 0.6) is 0 Å². The first kappa shape index (κ1) is 25.4. The number of hydrazine groups is 1. The van der Waals surface area contributed by atoms with Crippen molar-refractivity contribution in [2.24, 2.45) is 5.41 Å². The molecule has 10 nitrogen and oxygen atoms in total. The molecule has 0 saturated carbocycles. The van der Waals surface area contributed by atoms with Gasteiger partial charge >= 0.3 is 12.1 Å². The molecule has 1 unspecified atom stereocenters. The van der Waals surface area contributed by atoms with E-state index in [0.29, 0.717) is 44.2 Å². The molecule has 2 N–H and O–H groups in total. The highest BCUT2D eigenvalue weighted by molar-refractivity contribution is 14.1. The van der Waals surface area contributed by atoms with Crippen LogP contribution < -0.4 is 10.6 Å². The third-order valence-electron chi connectivity index (χ3n) is 6.40. The molecule has 4 amide bonds. The van der Waals surface area contributed by atoms with Crippen molar-refractivity contribution in [3.05, 3.63) is 47.5 Å². The largest absolute Gasteiger partial charge is 0.344 e. The molecule has 188 valence electrons. The molecule has 2 aromatic rings. The van der Waals surface area contributed by atoms with Crippen molar-refractivity contribution in [1.29, 1.82) is 0 Å². The lowest BCUT2D eigenvalue weighted by Crippen LogP contribution is -2.61. The number of hydrogen-bond acceptors (Lipinski definition) is 5. The Bertz CT molecular complexity index is 1100. The van der Waals surface area contributed by atoms with Gasteiger partial charge in [0.2, 0.25) is 5.91 Å². The highest BCUT2D eigenvalue weighted by atomic mass is 127. The predicted octanol–water partition coefficient (Wildman–Crippen LogP) is 3.21. The van der Waals surface area contributed by atoms with Gasteiger partial charge in [0, 0.05) is 36.3 Å². The number of fused-ring (bicyclic) bond motifs is 1. The average molecular weight is 593 g/mol. The number of rotatable bonds is 5. The lowest BCUT2D eigenvalue weighted by atomic mass is 9.85. The second kappa shape index (κ2) is 10.1. The van der Waals surface area contributed by atoms with Crippen LogP contribution in [0.4, 0.5) is 15.3 Å². The maximum Gasteiger partial charge on any atom is 0.344 e. The van der Waals surface area contributed by atoms with E-state index in [9.17, 15) is 14.4 Å². The van der Waals surface area contributed by atoms with Crippen LogP contribution >= 0.6 is 22.6 Å². The summed E-state index contributed by atoms with van der Waals surface area (Å²) in [4.78, 5) is 45.0. The maximum atomic E-state index is 13.5. The Morgan fingerprint density at radius 2 is 1.77 bits per heavy atom. The molecule has 1 saturated heterocycles. The molecule has 11 heteroatoms. The number of anilines is 1. The molecule has 1 aromatic heterocycles. The van der Waals surface area contributed by atoms with E-state index in [-0.39, 0.29) is 11.9 Å². The van der Waals surface area contributed by atoms with Gasteiger partial charge in [-0.1, -0.05) is 55.5 Å². The number of imidazole rings is 1. The van der Waals surface area contributed by atoms with Gasteiger partial charge in [0.05, 0.1) is 18.4 Å². The van der Waals surface area contributed by atoms with Crippen LogP contribution in [0.2, 0.25) is 0 Å². The molecule has 35 heavy (non-hydrogen) atoms. The lowest BCUT2D eigenvalue weighted by Gasteiger charge is -2.41. The molecule has 0 aliphatic carbocycles. The van der Waals surface area contributed by atoms with Gasteiger partial charge in [-0.2, -0.15) is 0 Å². The summed E-state index contributed by atoms with van der Waals surface area (Å²) in [5, 5.41) is 9.43. The van der Waals surface area contributed by atoms with E-state index in [1.807, 2.05) is 57.0 Å². The van der Waals surface area contributed by atoms with Crippen LogP contribution in [0.15, 0.2) is 30.5 Å². The van der Waals surface area contributed by atoms with E-state index < -0.39 is 17.5 Å². The van der Waals surface area contributed by atoms with Crippen LogP contribution in [0.25, 0.3) is 0 Å². The Hall–Kier alpha value is -2.67. The Kier molecular flexibility index (Phi) is 7.36. The van der Waals surface area contributed by atoms with E-state index in [1.165, 1.54) is 5.56 Å². The van der Waals surface area contributed by atoms with Crippen molar-refractivity contribution in [1.82, 2.24) is 29.8 Å². The van der Waals surface area contributed by atoms with Crippen molar-refractivity contribution in [3.8, 4) is 0 Å². The standard InChI is InChI=1S/C24H32IN7O3/c1-16-26-14-19-15-31(23(35)32(16)19)30-11-9-29(10-12-30)21(33)20(24(2,3)4)28-22(34)27-18-7-5-17(13-25)6-8-18/h5-8,14,20H,9-13,15H2,1-4H3,(H2,27,28,34). The number of aryl methyl sites for hydroxylation is 1. The van der Waals surface area contributed by atoms with Crippen LogP contribution in [0, 0.1) is 12.3 Å². The van der Waals surface area contributed by atoms with Crippen LogP contribution in [-0.2, 0) is 15.8 Å². The number of piperazine rings is 1. The molecule has 1 aromatic carbocycles. The Balaban J connectivity index is 1.35. The molecule has 0 spiro atoms. The third kappa shape index (κ3) is 5.45.